The molecule has 150 valence electrons. The molecule has 0 heterocycles. The van der Waals surface area contributed by atoms with E-state index in [9.17, 15) is 13.2 Å². The third kappa shape index (κ3) is 4.75. The van der Waals surface area contributed by atoms with Crippen LogP contribution in [0.1, 0.15) is 10.4 Å². The lowest BCUT2D eigenvalue weighted by atomic mass is 10.2. The molecule has 0 saturated carbocycles. The van der Waals surface area contributed by atoms with Gasteiger partial charge < -0.3 is 5.32 Å². The molecule has 0 radical (unpaired) electrons. The molecule has 0 aromatic heterocycles. The number of hydrogen-bond acceptors (Lipinski definition) is 4. The number of carbonyl (C=O) groups is 1. The zero-order chi connectivity index (χ0) is 21.0. The Morgan fingerprint density at radius 1 is 0.966 bits per heavy atom. The maximum absolute atomic E-state index is 12.8. The number of hydrogen-bond donors (Lipinski definition) is 1. The van der Waals surface area contributed by atoms with Crippen LogP contribution in [0.3, 0.4) is 0 Å². The normalized spacial score (nSPS) is 11.1. The first kappa shape index (κ1) is 21.2. The monoisotopic (exact) mass is 446 g/mol. The molecule has 0 atom stereocenters. The molecule has 0 aliphatic rings. The van der Waals surface area contributed by atoms with E-state index in [1.54, 1.807) is 36.0 Å². The van der Waals surface area contributed by atoms with E-state index in [1.165, 1.54) is 35.6 Å². The highest BCUT2D eigenvalue weighted by atomic mass is 35.5. The molecule has 0 aliphatic heterocycles. The van der Waals surface area contributed by atoms with Crippen LogP contribution in [-0.2, 0) is 10.0 Å². The van der Waals surface area contributed by atoms with E-state index in [2.05, 4.69) is 5.32 Å². The first-order valence-corrected chi connectivity index (χ1v) is 11.7. The minimum Gasteiger partial charge on any atom is -0.321 e. The predicted octanol–water partition coefficient (Wildman–Crippen LogP) is 5.14. The van der Waals surface area contributed by atoms with Crippen LogP contribution in [0.15, 0.2) is 82.6 Å². The highest BCUT2D eigenvalue weighted by molar-refractivity contribution is 7.98. The van der Waals surface area contributed by atoms with Crippen LogP contribution >= 0.6 is 23.4 Å². The molecule has 3 aromatic rings. The molecule has 8 heteroatoms. The van der Waals surface area contributed by atoms with Crippen molar-refractivity contribution in [2.45, 2.75) is 9.79 Å². The van der Waals surface area contributed by atoms with Crippen LogP contribution in [0.5, 0.6) is 0 Å². The van der Waals surface area contributed by atoms with Gasteiger partial charge in [-0.2, -0.15) is 0 Å². The average molecular weight is 447 g/mol. The molecule has 0 saturated heterocycles. The number of nitrogens with zero attached hydrogens (tertiary/aromatic N) is 1. The summed E-state index contributed by atoms with van der Waals surface area (Å²) in [5.74, 6) is -0.263. The van der Waals surface area contributed by atoms with Gasteiger partial charge in [-0.1, -0.05) is 23.7 Å². The quantitative estimate of drug-likeness (QED) is 0.532. The molecular formula is C21H19ClN2O3S2. The van der Waals surface area contributed by atoms with Gasteiger partial charge >= 0.3 is 0 Å². The van der Waals surface area contributed by atoms with Gasteiger partial charge in [-0.3, -0.25) is 9.10 Å². The Labute approximate surface area is 179 Å². The summed E-state index contributed by atoms with van der Waals surface area (Å²) in [5.41, 5.74) is 1.61. The Balaban J connectivity index is 1.78. The molecule has 5 nitrogen and oxygen atoms in total. The topological polar surface area (TPSA) is 66.5 Å². The summed E-state index contributed by atoms with van der Waals surface area (Å²) < 4.78 is 26.7. The molecule has 3 aromatic carbocycles. The van der Waals surface area contributed by atoms with Crippen molar-refractivity contribution in [2.24, 2.45) is 0 Å². The van der Waals surface area contributed by atoms with E-state index >= 15 is 0 Å². The number of carbonyl (C=O) groups excluding carboxylic acids is 1. The van der Waals surface area contributed by atoms with Crippen molar-refractivity contribution in [2.75, 3.05) is 22.9 Å². The second-order valence-corrected chi connectivity index (χ2v) is 9.38. The first-order chi connectivity index (χ1) is 13.8. The molecule has 29 heavy (non-hydrogen) atoms. The van der Waals surface area contributed by atoms with Crippen LogP contribution in [0.25, 0.3) is 0 Å². The average Bonchev–Trinajstić information content (AvgIpc) is 2.74. The first-order valence-electron chi connectivity index (χ1n) is 8.62. The van der Waals surface area contributed by atoms with Gasteiger partial charge in [0, 0.05) is 22.5 Å². The van der Waals surface area contributed by atoms with Gasteiger partial charge in [0.15, 0.2) is 0 Å². The van der Waals surface area contributed by atoms with Crippen LogP contribution in [0.2, 0.25) is 5.02 Å². The lowest BCUT2D eigenvalue weighted by Crippen LogP contribution is -2.26. The van der Waals surface area contributed by atoms with E-state index in [0.29, 0.717) is 16.3 Å². The SMILES string of the molecule is CSc1ccccc1NC(=O)c1ccc(N(C)S(=O)(=O)c2ccc(Cl)cc2)cc1. The van der Waals surface area contributed by atoms with E-state index < -0.39 is 10.0 Å². The molecule has 0 spiro atoms. The summed E-state index contributed by atoms with van der Waals surface area (Å²) in [6.45, 7) is 0. The number of nitrogens with one attached hydrogen (secondary N) is 1. The van der Waals surface area contributed by atoms with Gasteiger partial charge in [-0.05, 0) is 66.9 Å². The molecule has 1 amide bonds. The highest BCUT2D eigenvalue weighted by Gasteiger charge is 2.21. The van der Waals surface area contributed by atoms with E-state index in [-0.39, 0.29) is 10.8 Å². The smallest absolute Gasteiger partial charge is 0.264 e. The number of amides is 1. The van der Waals surface area contributed by atoms with Gasteiger partial charge in [-0.15, -0.1) is 11.8 Å². The summed E-state index contributed by atoms with van der Waals surface area (Å²) in [6, 6.07) is 19.9. The van der Waals surface area contributed by atoms with Crippen molar-refractivity contribution in [1.29, 1.82) is 0 Å². The van der Waals surface area contributed by atoms with Crippen molar-refractivity contribution in [3.8, 4) is 0 Å². The van der Waals surface area contributed by atoms with E-state index in [0.717, 1.165) is 10.6 Å². The summed E-state index contributed by atoms with van der Waals surface area (Å²) in [4.78, 5) is 13.7. The fraction of sp³-hybridized carbons (Fsp3) is 0.0952. The number of anilines is 2. The Morgan fingerprint density at radius 3 is 2.21 bits per heavy atom. The lowest BCUT2D eigenvalue weighted by Gasteiger charge is -2.20. The van der Waals surface area contributed by atoms with Gasteiger partial charge in [0.1, 0.15) is 0 Å². The number of thioether (sulfide) groups is 1. The number of rotatable bonds is 6. The van der Waals surface area contributed by atoms with Gasteiger partial charge in [0.05, 0.1) is 16.3 Å². The van der Waals surface area contributed by atoms with Crippen molar-refractivity contribution in [3.05, 3.63) is 83.4 Å². The number of benzene rings is 3. The fourth-order valence-corrected chi connectivity index (χ4v) is 4.54. The van der Waals surface area contributed by atoms with E-state index in [4.69, 9.17) is 11.6 Å². The Hall–Kier alpha value is -2.48. The zero-order valence-electron chi connectivity index (χ0n) is 15.8. The summed E-state index contributed by atoms with van der Waals surface area (Å²) in [7, 11) is -2.26. The van der Waals surface area contributed by atoms with Crippen molar-refractivity contribution in [3.63, 3.8) is 0 Å². The molecular weight excluding hydrogens is 428 g/mol. The molecule has 3 rings (SSSR count). The largest absolute Gasteiger partial charge is 0.321 e. The standard InChI is InChI=1S/C21H19ClN2O3S2/c1-24(29(26,27)18-13-9-16(22)10-14-18)17-11-7-15(8-12-17)21(25)23-19-5-3-4-6-20(19)28-2/h3-14H,1-2H3,(H,23,25). The Kier molecular flexibility index (Phi) is 6.52. The predicted molar refractivity (Wildman–Crippen MR) is 120 cm³/mol. The zero-order valence-corrected chi connectivity index (χ0v) is 18.2. The van der Waals surface area contributed by atoms with Crippen LogP contribution in [0.4, 0.5) is 11.4 Å². The van der Waals surface area contributed by atoms with Crippen LogP contribution < -0.4 is 9.62 Å². The number of sulfonamides is 1. The molecule has 0 bridgehead atoms. The molecule has 1 N–H and O–H groups in total. The fourth-order valence-electron chi connectivity index (χ4n) is 2.67. The lowest BCUT2D eigenvalue weighted by molar-refractivity contribution is 0.102. The molecule has 0 fully saturated rings. The maximum atomic E-state index is 12.8. The number of para-hydroxylation sites is 1. The molecule has 0 unspecified atom stereocenters. The second kappa shape index (κ2) is 8.90. The second-order valence-electron chi connectivity index (χ2n) is 6.13. The minimum absolute atomic E-state index is 0.139. The van der Waals surface area contributed by atoms with Gasteiger partial charge in [-0.25, -0.2) is 8.42 Å². The third-order valence-electron chi connectivity index (χ3n) is 4.32. The summed E-state index contributed by atoms with van der Waals surface area (Å²) in [5, 5.41) is 3.35. The van der Waals surface area contributed by atoms with Crippen molar-refractivity contribution in [1.82, 2.24) is 0 Å². The van der Waals surface area contributed by atoms with E-state index in [1.807, 2.05) is 30.5 Å². The highest BCUT2D eigenvalue weighted by Crippen LogP contribution is 2.26. The summed E-state index contributed by atoms with van der Waals surface area (Å²) in [6.07, 6.45) is 1.94. The molecule has 0 aliphatic carbocycles. The van der Waals surface area contributed by atoms with Crippen molar-refractivity contribution < 1.29 is 13.2 Å². The summed E-state index contributed by atoms with van der Waals surface area (Å²) >= 11 is 7.38. The number of halogens is 1. The van der Waals surface area contributed by atoms with Crippen molar-refractivity contribution >= 4 is 50.7 Å². The third-order valence-corrected chi connectivity index (χ3v) is 7.17. The Morgan fingerprint density at radius 2 is 1.59 bits per heavy atom. The maximum Gasteiger partial charge on any atom is 0.264 e. The van der Waals surface area contributed by atoms with Gasteiger partial charge in [0.2, 0.25) is 0 Å². The van der Waals surface area contributed by atoms with Crippen LogP contribution in [-0.4, -0.2) is 27.6 Å². The minimum atomic E-state index is -3.73. The van der Waals surface area contributed by atoms with Gasteiger partial charge in [0.25, 0.3) is 15.9 Å². The van der Waals surface area contributed by atoms with Crippen LogP contribution in [0, 0.1) is 0 Å². The Bertz CT molecular complexity index is 1120.